The van der Waals surface area contributed by atoms with Gasteiger partial charge in [0.1, 0.15) is 6.10 Å². The number of sulfonamides is 1. The molecule has 2 N–H and O–H groups in total. The first kappa shape index (κ1) is 29.0. The highest BCUT2D eigenvalue weighted by Crippen LogP contribution is 2.33. The van der Waals surface area contributed by atoms with E-state index in [4.69, 9.17) is 19.5 Å². The molecule has 0 unspecified atom stereocenters. The number of aliphatic hydroxyl groups is 1. The quantitative estimate of drug-likeness (QED) is 0.430. The normalized spacial score (nSPS) is 22.3. The molecule has 0 spiro atoms. The Morgan fingerprint density at radius 3 is 2.54 bits per heavy atom. The van der Waals surface area contributed by atoms with E-state index in [2.05, 4.69) is 5.32 Å². The SMILES string of the molecule is CC(C)CN(C[C@@H](O)[C@H](Cc1ccccc1)NC(=O)O[C@H]1CO[C@H]2OCC[C@H]21)S(=O)(=O)c1ccc(C#N)cc1. The Labute approximate surface area is 229 Å². The summed E-state index contributed by atoms with van der Waals surface area (Å²) < 4.78 is 45.0. The third-order valence-electron chi connectivity index (χ3n) is 6.89. The van der Waals surface area contributed by atoms with Crippen molar-refractivity contribution in [3.63, 3.8) is 0 Å². The number of nitrogens with one attached hydrogen (secondary N) is 1. The Balaban J connectivity index is 1.51. The molecule has 2 fully saturated rings. The number of hydrogen-bond donors (Lipinski definition) is 2. The predicted octanol–water partition coefficient (Wildman–Crippen LogP) is 2.66. The van der Waals surface area contributed by atoms with Crippen molar-refractivity contribution in [3.8, 4) is 6.07 Å². The van der Waals surface area contributed by atoms with Crippen LogP contribution in [0.4, 0.5) is 4.79 Å². The van der Waals surface area contributed by atoms with Crippen molar-refractivity contribution in [2.75, 3.05) is 26.3 Å². The molecule has 0 bridgehead atoms. The van der Waals surface area contributed by atoms with Crippen LogP contribution in [0.3, 0.4) is 0 Å². The molecule has 39 heavy (non-hydrogen) atoms. The van der Waals surface area contributed by atoms with Crippen molar-refractivity contribution in [2.24, 2.45) is 11.8 Å². The predicted molar refractivity (Wildman–Crippen MR) is 142 cm³/mol. The summed E-state index contributed by atoms with van der Waals surface area (Å²) in [5.41, 5.74) is 1.21. The number of carbonyl (C=O) groups is 1. The van der Waals surface area contributed by atoms with Gasteiger partial charge in [-0.1, -0.05) is 44.2 Å². The van der Waals surface area contributed by atoms with Crippen LogP contribution < -0.4 is 5.32 Å². The number of alkyl carbamates (subject to hydrolysis) is 1. The highest BCUT2D eigenvalue weighted by molar-refractivity contribution is 7.89. The monoisotopic (exact) mass is 557 g/mol. The van der Waals surface area contributed by atoms with E-state index >= 15 is 0 Å². The molecule has 0 aliphatic carbocycles. The molecule has 5 atom stereocenters. The van der Waals surface area contributed by atoms with Gasteiger partial charge in [0.25, 0.3) is 0 Å². The molecule has 2 aliphatic rings. The van der Waals surface area contributed by atoms with Gasteiger partial charge in [0.05, 0.1) is 47.8 Å². The summed E-state index contributed by atoms with van der Waals surface area (Å²) in [5, 5.41) is 23.2. The number of fused-ring (bicyclic) bond motifs is 1. The van der Waals surface area contributed by atoms with Gasteiger partial charge in [0, 0.05) is 13.1 Å². The van der Waals surface area contributed by atoms with Crippen LogP contribution in [-0.4, -0.2) is 74.8 Å². The molecule has 210 valence electrons. The lowest BCUT2D eigenvalue weighted by atomic mass is 10.0. The summed E-state index contributed by atoms with van der Waals surface area (Å²) in [6.07, 6.45) is -1.78. The molecule has 2 aromatic carbocycles. The van der Waals surface area contributed by atoms with Crippen molar-refractivity contribution >= 4 is 16.1 Å². The van der Waals surface area contributed by atoms with Crippen LogP contribution in [0.2, 0.25) is 0 Å². The van der Waals surface area contributed by atoms with Crippen LogP contribution in [0.1, 0.15) is 31.4 Å². The van der Waals surface area contributed by atoms with Gasteiger partial charge in [-0.2, -0.15) is 9.57 Å². The van der Waals surface area contributed by atoms with Crippen LogP contribution >= 0.6 is 0 Å². The highest BCUT2D eigenvalue weighted by atomic mass is 32.2. The minimum Gasteiger partial charge on any atom is -0.443 e. The summed E-state index contributed by atoms with van der Waals surface area (Å²) in [6.45, 7) is 4.46. The number of nitriles is 1. The van der Waals surface area contributed by atoms with Crippen LogP contribution in [0.15, 0.2) is 59.5 Å². The Morgan fingerprint density at radius 2 is 1.87 bits per heavy atom. The van der Waals surface area contributed by atoms with Crippen molar-refractivity contribution in [2.45, 2.75) is 56.1 Å². The summed E-state index contributed by atoms with van der Waals surface area (Å²) in [6, 6.07) is 16.1. The zero-order chi connectivity index (χ0) is 28.0. The molecule has 2 aliphatic heterocycles. The van der Waals surface area contributed by atoms with Gasteiger partial charge in [-0.05, 0) is 48.6 Å². The second-order valence-corrected chi connectivity index (χ2v) is 12.3. The molecule has 11 heteroatoms. The summed E-state index contributed by atoms with van der Waals surface area (Å²) >= 11 is 0. The standard InChI is InChI=1S/C28H35N3O7S/c1-19(2)16-31(39(34,35)22-10-8-21(15-29)9-11-22)17-25(32)24(14-20-6-4-3-5-7-20)30-28(33)38-26-18-37-27-23(26)12-13-36-27/h3-11,19,23-27,32H,12-14,16-18H2,1-2H3,(H,30,33)/t23-,24-,25+,26-,27+/m0/s1. The first-order chi connectivity index (χ1) is 18.7. The van der Waals surface area contributed by atoms with Gasteiger partial charge in [0.2, 0.25) is 10.0 Å². The fourth-order valence-corrected chi connectivity index (χ4v) is 6.51. The lowest BCUT2D eigenvalue weighted by Gasteiger charge is -2.31. The van der Waals surface area contributed by atoms with Gasteiger partial charge >= 0.3 is 6.09 Å². The Hall–Kier alpha value is -3.01. The number of amides is 1. The first-order valence-corrected chi connectivity index (χ1v) is 14.5. The zero-order valence-corrected chi connectivity index (χ0v) is 22.9. The highest BCUT2D eigenvalue weighted by Gasteiger charge is 2.44. The van der Waals surface area contributed by atoms with Gasteiger partial charge in [0.15, 0.2) is 6.29 Å². The van der Waals surface area contributed by atoms with E-state index in [1.165, 1.54) is 28.6 Å². The average Bonchev–Trinajstić information content (AvgIpc) is 3.53. The summed E-state index contributed by atoms with van der Waals surface area (Å²) in [7, 11) is -3.99. The molecule has 0 saturated carbocycles. The number of ether oxygens (including phenoxy) is 3. The van der Waals surface area contributed by atoms with Crippen LogP contribution in [0, 0.1) is 23.2 Å². The topological polar surface area (TPSA) is 138 Å². The minimum atomic E-state index is -3.99. The van der Waals surface area contributed by atoms with Gasteiger partial charge < -0.3 is 24.6 Å². The lowest BCUT2D eigenvalue weighted by Crippen LogP contribution is -2.51. The molecule has 2 heterocycles. The Morgan fingerprint density at radius 1 is 1.15 bits per heavy atom. The Kier molecular flexibility index (Phi) is 9.58. The van der Waals surface area contributed by atoms with Gasteiger partial charge in [-0.3, -0.25) is 0 Å². The fraction of sp³-hybridized carbons (Fsp3) is 0.500. The number of aliphatic hydroxyl groups excluding tert-OH is 1. The molecule has 0 aromatic heterocycles. The fourth-order valence-electron chi connectivity index (χ4n) is 4.89. The average molecular weight is 558 g/mol. The van der Waals surface area contributed by atoms with E-state index in [1.807, 2.05) is 50.2 Å². The van der Waals surface area contributed by atoms with Crippen LogP contribution in [0.5, 0.6) is 0 Å². The third-order valence-corrected chi connectivity index (χ3v) is 8.74. The van der Waals surface area contributed by atoms with Crippen molar-refractivity contribution in [1.29, 1.82) is 5.26 Å². The lowest BCUT2D eigenvalue weighted by molar-refractivity contribution is -0.0907. The van der Waals surface area contributed by atoms with Crippen LogP contribution in [-0.2, 0) is 30.7 Å². The van der Waals surface area contributed by atoms with E-state index in [0.29, 0.717) is 12.2 Å². The van der Waals surface area contributed by atoms with Gasteiger partial charge in [-0.25, -0.2) is 13.2 Å². The number of hydrogen-bond acceptors (Lipinski definition) is 8. The summed E-state index contributed by atoms with van der Waals surface area (Å²) in [4.78, 5) is 13.0. The number of carbonyl (C=O) groups excluding carboxylic acids is 1. The molecule has 1 amide bonds. The smallest absolute Gasteiger partial charge is 0.407 e. The van der Waals surface area contributed by atoms with Crippen molar-refractivity contribution in [3.05, 3.63) is 65.7 Å². The first-order valence-electron chi connectivity index (χ1n) is 13.1. The number of rotatable bonds is 11. The third kappa shape index (κ3) is 7.35. The van der Waals surface area contributed by atoms with E-state index in [-0.39, 0.29) is 49.1 Å². The molecule has 2 aromatic rings. The maximum atomic E-state index is 13.5. The molecule has 10 nitrogen and oxygen atoms in total. The van der Waals surface area contributed by atoms with Crippen molar-refractivity contribution in [1.82, 2.24) is 9.62 Å². The maximum absolute atomic E-state index is 13.5. The van der Waals surface area contributed by atoms with Gasteiger partial charge in [-0.15, -0.1) is 0 Å². The van der Waals surface area contributed by atoms with E-state index in [0.717, 1.165) is 12.0 Å². The van der Waals surface area contributed by atoms with Crippen LogP contribution in [0.25, 0.3) is 0 Å². The zero-order valence-electron chi connectivity index (χ0n) is 22.1. The molecule has 0 radical (unpaired) electrons. The minimum absolute atomic E-state index is 0.0240. The molecular weight excluding hydrogens is 522 g/mol. The van der Waals surface area contributed by atoms with E-state index in [9.17, 15) is 18.3 Å². The maximum Gasteiger partial charge on any atom is 0.407 e. The summed E-state index contributed by atoms with van der Waals surface area (Å²) in [5.74, 6) is -0.0628. The molecule has 2 saturated heterocycles. The van der Waals surface area contributed by atoms with Crippen molar-refractivity contribution < 1.29 is 32.5 Å². The van der Waals surface area contributed by atoms with E-state index < -0.39 is 34.4 Å². The largest absolute Gasteiger partial charge is 0.443 e. The number of benzene rings is 2. The molecular formula is C28H35N3O7S. The second kappa shape index (κ2) is 12.9. The number of nitrogens with zero attached hydrogens (tertiary/aromatic N) is 2. The van der Waals surface area contributed by atoms with E-state index in [1.54, 1.807) is 0 Å². The Bertz CT molecular complexity index is 1250. The second-order valence-electron chi connectivity index (χ2n) is 10.3. The molecule has 4 rings (SSSR count).